The lowest BCUT2D eigenvalue weighted by atomic mass is 9.99. The molecule has 5 nitrogen and oxygen atoms in total. The number of benzene rings is 1. The van der Waals surface area contributed by atoms with Crippen LogP contribution in [0, 0.1) is 17.2 Å². The quantitative estimate of drug-likeness (QED) is 0.840. The lowest BCUT2D eigenvalue weighted by Gasteiger charge is -2.29. The van der Waals surface area contributed by atoms with E-state index in [4.69, 9.17) is 5.26 Å². The van der Waals surface area contributed by atoms with Crippen LogP contribution in [0.4, 0.5) is 10.5 Å². The highest BCUT2D eigenvalue weighted by Gasteiger charge is 2.22. The van der Waals surface area contributed by atoms with Gasteiger partial charge in [-0.3, -0.25) is 4.79 Å². The smallest absolute Gasteiger partial charge is 0.321 e. The minimum absolute atomic E-state index is 0.00134. The van der Waals surface area contributed by atoms with Crippen molar-refractivity contribution in [3.63, 3.8) is 0 Å². The molecule has 1 fully saturated rings. The first-order valence-electron chi connectivity index (χ1n) is 6.66. The van der Waals surface area contributed by atoms with E-state index in [1.54, 1.807) is 29.2 Å². The summed E-state index contributed by atoms with van der Waals surface area (Å²) in [6.45, 7) is 2.72. The number of Topliss-reactive ketones (excluding diaryl/α,β-unsaturated/α-hetero) is 1. The Labute approximate surface area is 118 Å². The molecule has 1 heterocycles. The zero-order valence-corrected chi connectivity index (χ0v) is 11.4. The molecule has 2 rings (SSSR count). The number of carbonyl (C=O) groups excluding carboxylic acids is 2. The first-order valence-corrected chi connectivity index (χ1v) is 6.66. The van der Waals surface area contributed by atoms with Crippen molar-refractivity contribution in [1.82, 2.24) is 4.90 Å². The van der Waals surface area contributed by atoms with Crippen LogP contribution in [-0.2, 0) is 0 Å². The third-order valence-corrected chi connectivity index (χ3v) is 3.51. The summed E-state index contributed by atoms with van der Waals surface area (Å²) in [5.41, 5.74) is 1.29. The van der Waals surface area contributed by atoms with Crippen molar-refractivity contribution in [3.8, 4) is 6.07 Å². The largest absolute Gasteiger partial charge is 0.324 e. The molecule has 1 aromatic carbocycles. The summed E-state index contributed by atoms with van der Waals surface area (Å²) in [7, 11) is 0. The third-order valence-electron chi connectivity index (χ3n) is 3.51. The van der Waals surface area contributed by atoms with Crippen LogP contribution in [0.15, 0.2) is 24.3 Å². The Kier molecular flexibility index (Phi) is 4.36. The fourth-order valence-electron chi connectivity index (χ4n) is 2.20. The zero-order chi connectivity index (χ0) is 14.5. The lowest BCUT2D eigenvalue weighted by Crippen LogP contribution is -2.40. The average molecular weight is 271 g/mol. The molecule has 0 spiro atoms. The molecule has 1 N–H and O–H groups in total. The van der Waals surface area contributed by atoms with Crippen molar-refractivity contribution < 1.29 is 9.59 Å². The van der Waals surface area contributed by atoms with E-state index in [1.165, 1.54) is 6.92 Å². The van der Waals surface area contributed by atoms with E-state index in [1.807, 2.05) is 0 Å². The molecule has 1 aromatic rings. The van der Waals surface area contributed by atoms with Crippen molar-refractivity contribution in [2.45, 2.75) is 19.8 Å². The maximum absolute atomic E-state index is 12.0. The van der Waals surface area contributed by atoms with Crippen molar-refractivity contribution in [3.05, 3.63) is 29.8 Å². The fraction of sp³-hybridized carbons (Fsp3) is 0.400. The molecule has 0 atom stereocenters. The number of piperidine rings is 1. The Morgan fingerprint density at radius 2 is 1.85 bits per heavy atom. The summed E-state index contributed by atoms with van der Waals surface area (Å²) in [6.07, 6.45) is 1.46. The van der Waals surface area contributed by atoms with Gasteiger partial charge in [-0.2, -0.15) is 5.26 Å². The number of carbonyl (C=O) groups is 2. The predicted molar refractivity (Wildman–Crippen MR) is 75.4 cm³/mol. The molecule has 0 saturated carbocycles. The van der Waals surface area contributed by atoms with Gasteiger partial charge in [0.15, 0.2) is 5.78 Å². The van der Waals surface area contributed by atoms with Crippen LogP contribution < -0.4 is 5.32 Å². The van der Waals surface area contributed by atoms with E-state index in [2.05, 4.69) is 11.4 Å². The van der Waals surface area contributed by atoms with Crippen molar-refractivity contribution in [1.29, 1.82) is 5.26 Å². The summed E-state index contributed by atoms with van der Waals surface area (Å²) >= 11 is 0. The van der Waals surface area contributed by atoms with Crippen molar-refractivity contribution >= 4 is 17.5 Å². The van der Waals surface area contributed by atoms with Gasteiger partial charge in [-0.15, -0.1) is 0 Å². The first kappa shape index (κ1) is 14.1. The summed E-state index contributed by atoms with van der Waals surface area (Å²) in [6, 6.07) is 8.91. The Hall–Kier alpha value is -2.35. The van der Waals surface area contributed by atoms with Crippen molar-refractivity contribution in [2.75, 3.05) is 18.4 Å². The molecule has 0 aromatic heterocycles. The van der Waals surface area contributed by atoms with Crippen LogP contribution in [0.3, 0.4) is 0 Å². The number of rotatable bonds is 2. The molecule has 1 aliphatic rings. The second kappa shape index (κ2) is 6.20. The molecule has 0 aliphatic carbocycles. The van der Waals surface area contributed by atoms with Crippen LogP contribution in [0.1, 0.15) is 30.1 Å². The van der Waals surface area contributed by atoms with Crippen LogP contribution in [0.25, 0.3) is 0 Å². The van der Waals surface area contributed by atoms with Gasteiger partial charge in [-0.05, 0) is 44.0 Å². The molecule has 1 aliphatic heterocycles. The van der Waals surface area contributed by atoms with Crippen LogP contribution in [0.5, 0.6) is 0 Å². The zero-order valence-electron chi connectivity index (χ0n) is 11.4. The first-order chi connectivity index (χ1) is 9.60. The molecular formula is C15H17N3O2. The Morgan fingerprint density at radius 1 is 1.25 bits per heavy atom. The highest BCUT2D eigenvalue weighted by Crippen LogP contribution is 2.17. The number of urea groups is 1. The van der Waals surface area contributed by atoms with Crippen LogP contribution in [-0.4, -0.2) is 29.8 Å². The number of hydrogen-bond donors (Lipinski definition) is 1. The predicted octanol–water partition coefficient (Wildman–Crippen LogP) is 2.66. The van der Waals surface area contributed by atoms with Gasteiger partial charge in [0.2, 0.25) is 0 Å². The topological polar surface area (TPSA) is 73.2 Å². The van der Waals surface area contributed by atoms with Crippen LogP contribution >= 0.6 is 0 Å². The second-order valence-electron chi connectivity index (χ2n) is 4.95. The number of likely N-dealkylation sites (tertiary alicyclic amines) is 1. The lowest BCUT2D eigenvalue weighted by molar-refractivity contribution is 0.101. The third kappa shape index (κ3) is 3.35. The number of amides is 2. The molecule has 104 valence electrons. The van der Waals surface area contributed by atoms with E-state index in [0.717, 1.165) is 12.8 Å². The number of nitrogens with one attached hydrogen (secondary N) is 1. The Morgan fingerprint density at radius 3 is 2.35 bits per heavy atom. The summed E-state index contributed by atoms with van der Waals surface area (Å²) in [5, 5.41) is 11.6. The highest BCUT2D eigenvalue weighted by molar-refractivity contribution is 5.95. The van der Waals surface area contributed by atoms with Crippen LogP contribution in [0.2, 0.25) is 0 Å². The monoisotopic (exact) mass is 271 g/mol. The highest BCUT2D eigenvalue weighted by atomic mass is 16.2. The number of hydrogen-bond acceptors (Lipinski definition) is 3. The van der Waals surface area contributed by atoms with Gasteiger partial charge < -0.3 is 10.2 Å². The molecule has 20 heavy (non-hydrogen) atoms. The fourth-order valence-corrected chi connectivity index (χ4v) is 2.20. The van der Waals surface area contributed by atoms with E-state index in [9.17, 15) is 9.59 Å². The number of nitrogens with zero attached hydrogens (tertiary/aromatic N) is 2. The second-order valence-corrected chi connectivity index (χ2v) is 4.95. The molecule has 0 unspecified atom stereocenters. The molecule has 0 bridgehead atoms. The minimum atomic E-state index is -0.156. The summed E-state index contributed by atoms with van der Waals surface area (Å²) < 4.78 is 0. The number of ketones is 1. The summed E-state index contributed by atoms with van der Waals surface area (Å²) in [5.74, 6) is 0.0651. The maximum Gasteiger partial charge on any atom is 0.321 e. The number of anilines is 1. The van der Waals surface area contributed by atoms with Gasteiger partial charge >= 0.3 is 6.03 Å². The molecule has 1 saturated heterocycles. The average Bonchev–Trinajstić information content (AvgIpc) is 2.48. The molecule has 5 heteroatoms. The SMILES string of the molecule is CC(=O)c1ccc(NC(=O)N2CCC(C#N)CC2)cc1. The van der Waals surface area contributed by atoms with Gasteiger partial charge in [0.1, 0.15) is 0 Å². The molecule has 0 radical (unpaired) electrons. The van der Waals surface area contributed by atoms with E-state index < -0.39 is 0 Å². The van der Waals surface area contributed by atoms with E-state index >= 15 is 0 Å². The van der Waals surface area contributed by atoms with Crippen molar-refractivity contribution in [2.24, 2.45) is 5.92 Å². The normalized spacial score (nSPS) is 15.5. The van der Waals surface area contributed by atoms with E-state index in [-0.39, 0.29) is 17.7 Å². The molecule has 2 amide bonds. The van der Waals surface area contributed by atoms with Gasteiger partial charge in [-0.1, -0.05) is 0 Å². The minimum Gasteiger partial charge on any atom is -0.324 e. The van der Waals surface area contributed by atoms with Gasteiger partial charge in [0, 0.05) is 30.3 Å². The maximum atomic E-state index is 12.0. The van der Waals surface area contributed by atoms with Gasteiger partial charge in [0.25, 0.3) is 0 Å². The van der Waals surface area contributed by atoms with E-state index in [0.29, 0.717) is 24.3 Å². The molecular weight excluding hydrogens is 254 g/mol. The standard InChI is InChI=1S/C15H17N3O2/c1-11(19)13-2-4-14(5-3-13)17-15(20)18-8-6-12(10-16)7-9-18/h2-5,12H,6-9H2,1H3,(H,17,20). The Balaban J connectivity index is 1.92. The Bertz CT molecular complexity index is 537. The van der Waals surface area contributed by atoms with Gasteiger partial charge in [-0.25, -0.2) is 4.79 Å². The van der Waals surface area contributed by atoms with Gasteiger partial charge in [0.05, 0.1) is 6.07 Å². The number of nitriles is 1. The summed E-state index contributed by atoms with van der Waals surface area (Å²) in [4.78, 5) is 24.9.